The normalized spacial score (nSPS) is 24.2. The van der Waals surface area contributed by atoms with Crippen LogP contribution in [0.1, 0.15) is 108 Å². The monoisotopic (exact) mass is 1090 g/mol. The van der Waals surface area contributed by atoms with E-state index in [0.29, 0.717) is 72.7 Å². The zero-order chi connectivity index (χ0) is 54.3. The second-order valence-electron chi connectivity index (χ2n) is 24.3. The van der Waals surface area contributed by atoms with Crippen molar-refractivity contribution in [3.63, 3.8) is 0 Å². The molecule has 0 radical (unpaired) electrons. The number of phenols is 1. The van der Waals surface area contributed by atoms with Gasteiger partial charge in [0, 0.05) is 89.7 Å². The SMILES string of the molecule is Cc1ncsc1-c1ccc([C@H](C)NC(=O)[C@@H]2C[C@@H](O)CN2C(O)[C@@H](c2cc(N3CCC(CN4CCC5(CC4)CC(N4CCN(CC6(O)CCN(c7cc(-c8ccccc8O)nnc7N)CC6)CC4)C5)CC3)no2)C(C)C)cc1. The zero-order valence-electron chi connectivity index (χ0n) is 46.1. The molecule has 6 fully saturated rings. The quantitative estimate of drug-likeness (QED) is 0.0636. The summed E-state index contributed by atoms with van der Waals surface area (Å²) < 4.78 is 6.03. The van der Waals surface area contributed by atoms with Crippen LogP contribution in [-0.2, 0) is 4.79 Å². The molecule has 8 heterocycles. The number of para-hydroxylation sites is 1. The van der Waals surface area contributed by atoms with Gasteiger partial charge < -0.3 is 50.7 Å². The number of nitrogens with two attached hydrogens (primary N) is 1. The van der Waals surface area contributed by atoms with Crippen LogP contribution < -0.4 is 20.9 Å². The summed E-state index contributed by atoms with van der Waals surface area (Å²) in [5, 5.41) is 61.2. The lowest BCUT2D eigenvalue weighted by atomic mass is 9.60. The number of amides is 1. The number of carbonyl (C=O) groups excluding carboxylic acids is 1. The van der Waals surface area contributed by atoms with Crippen molar-refractivity contribution in [1.82, 2.24) is 45.3 Å². The van der Waals surface area contributed by atoms with E-state index in [1.807, 2.05) is 69.6 Å². The molecule has 5 aliphatic heterocycles. The predicted molar refractivity (Wildman–Crippen MR) is 304 cm³/mol. The third-order valence-electron chi connectivity index (χ3n) is 18.8. The van der Waals surface area contributed by atoms with Crippen molar-refractivity contribution < 1.29 is 29.7 Å². The number of anilines is 3. The molecule has 11 rings (SSSR count). The van der Waals surface area contributed by atoms with Crippen LogP contribution in [0.4, 0.5) is 17.3 Å². The Hall–Kier alpha value is -5.25. The molecule has 2 aromatic carbocycles. The molecule has 0 bridgehead atoms. The number of piperidine rings is 3. The van der Waals surface area contributed by atoms with E-state index in [1.165, 1.54) is 38.8 Å². The second kappa shape index (κ2) is 23.1. The molecule has 6 aliphatic rings. The van der Waals surface area contributed by atoms with Gasteiger partial charge in [-0.2, -0.15) is 0 Å². The number of aliphatic hydroxyl groups is 3. The van der Waals surface area contributed by atoms with Crippen LogP contribution >= 0.6 is 11.3 Å². The molecular weight excluding hydrogens is 1000 g/mol. The van der Waals surface area contributed by atoms with Gasteiger partial charge in [0.15, 0.2) is 11.6 Å². The van der Waals surface area contributed by atoms with Crippen LogP contribution in [-0.4, -0.2) is 181 Å². The number of nitrogens with one attached hydrogen (secondary N) is 1. The average Bonchev–Trinajstić information content (AvgIpc) is 4.23. The van der Waals surface area contributed by atoms with Gasteiger partial charge in [0.05, 0.1) is 57.2 Å². The number of hydrogen-bond acceptors (Lipinski definition) is 18. The van der Waals surface area contributed by atoms with Gasteiger partial charge in [0.25, 0.3) is 0 Å². The van der Waals surface area contributed by atoms with Crippen molar-refractivity contribution in [2.45, 2.75) is 127 Å². The van der Waals surface area contributed by atoms with E-state index < -0.39 is 29.9 Å². The van der Waals surface area contributed by atoms with Crippen molar-refractivity contribution >= 4 is 34.6 Å². The van der Waals surface area contributed by atoms with Crippen molar-refractivity contribution in [2.75, 3.05) is 101 Å². The van der Waals surface area contributed by atoms with E-state index in [0.717, 1.165) is 91.9 Å². The predicted octanol–water partition coefficient (Wildman–Crippen LogP) is 6.33. The summed E-state index contributed by atoms with van der Waals surface area (Å²) in [5.74, 6) is 1.86. The van der Waals surface area contributed by atoms with Crippen molar-refractivity contribution in [1.29, 1.82) is 0 Å². The number of likely N-dealkylation sites (tertiary alicyclic amines) is 2. The summed E-state index contributed by atoms with van der Waals surface area (Å²) in [6, 6.07) is 18.9. The largest absolute Gasteiger partial charge is 0.507 e. The molecule has 3 aromatic heterocycles. The lowest BCUT2D eigenvalue weighted by molar-refractivity contribution is -0.131. The highest BCUT2D eigenvalue weighted by molar-refractivity contribution is 7.13. The molecule has 1 saturated carbocycles. The van der Waals surface area contributed by atoms with Gasteiger partial charge >= 0.3 is 0 Å². The number of nitrogen functional groups attached to an aromatic ring is 1. The maximum absolute atomic E-state index is 13.9. The van der Waals surface area contributed by atoms with Crippen molar-refractivity contribution in [2.24, 2.45) is 17.3 Å². The molecule has 5 aromatic rings. The molecule has 19 heteroatoms. The topological polar surface area (TPSA) is 220 Å². The van der Waals surface area contributed by atoms with Gasteiger partial charge in [0.1, 0.15) is 17.7 Å². The number of aromatic hydroxyl groups is 1. The van der Waals surface area contributed by atoms with Gasteiger partial charge in [-0.3, -0.25) is 19.5 Å². The minimum atomic E-state index is -1.05. The van der Waals surface area contributed by atoms with Gasteiger partial charge in [-0.15, -0.1) is 21.5 Å². The fourth-order valence-corrected chi connectivity index (χ4v) is 14.7. The highest BCUT2D eigenvalue weighted by Gasteiger charge is 2.49. The van der Waals surface area contributed by atoms with Gasteiger partial charge in [-0.05, 0) is 131 Å². The Morgan fingerprint density at radius 1 is 0.885 bits per heavy atom. The number of thiazole rings is 1. The number of phenolic OH excluding ortho intramolecular Hbond substituents is 1. The molecule has 1 aliphatic carbocycles. The fraction of sp³-hybridized carbons (Fsp3) is 0.610. The molecule has 5 atom stereocenters. The van der Waals surface area contributed by atoms with E-state index in [1.54, 1.807) is 28.4 Å². The summed E-state index contributed by atoms with van der Waals surface area (Å²) in [4.78, 5) is 33.5. The van der Waals surface area contributed by atoms with E-state index in [2.05, 4.69) is 62.3 Å². The Balaban J connectivity index is 0.591. The number of hydrogen-bond donors (Lipinski definition) is 6. The van der Waals surface area contributed by atoms with E-state index >= 15 is 0 Å². The standard InChI is InChI=1S/C59H82N12O6S/c1-38(2)53(57(75)71-35-45(72)29-49(71)56(74)62-39(3)42-9-11-43(12-10-42)54-40(4)61-37-78-54)51-31-52(65-77-51)70-19-13-41(14-20-70)34-66-21-15-58(16-22-66)32-44(33-58)68-27-25-67(26-28-68)36-59(76)17-23-69(24-18-59)48-30-47(63-64-55(48)60)46-7-5-6-8-50(46)73/h5-12,30-31,37-39,41,44-45,49,53,57,72-73,75-76H,13-29,32-36H2,1-4H3,(H2,60,64)(H,62,74)/t39-,45+,49-,53+,57?/m0/s1. The average molecular weight is 1090 g/mol. The highest BCUT2D eigenvalue weighted by atomic mass is 32.1. The van der Waals surface area contributed by atoms with E-state index in [4.69, 9.17) is 10.3 Å². The third kappa shape index (κ3) is 11.8. The fourth-order valence-electron chi connectivity index (χ4n) is 13.9. The minimum Gasteiger partial charge on any atom is -0.507 e. The van der Waals surface area contributed by atoms with Crippen LogP contribution in [0, 0.1) is 24.2 Å². The maximum Gasteiger partial charge on any atom is 0.238 e. The number of aromatic nitrogens is 4. The smallest absolute Gasteiger partial charge is 0.238 e. The molecule has 5 saturated heterocycles. The lowest BCUT2D eigenvalue weighted by Crippen LogP contribution is -2.60. The van der Waals surface area contributed by atoms with Crippen molar-refractivity contribution in [3.05, 3.63) is 83.2 Å². The van der Waals surface area contributed by atoms with Crippen LogP contribution in [0.15, 0.2) is 70.7 Å². The summed E-state index contributed by atoms with van der Waals surface area (Å²) in [6.45, 7) is 19.7. The minimum absolute atomic E-state index is 0.0198. The molecule has 420 valence electrons. The van der Waals surface area contributed by atoms with Gasteiger partial charge in [-0.25, -0.2) is 4.98 Å². The Bertz CT molecular complexity index is 2810. The van der Waals surface area contributed by atoms with Crippen LogP contribution in [0.3, 0.4) is 0 Å². The summed E-state index contributed by atoms with van der Waals surface area (Å²) >= 11 is 1.61. The number of piperazine rings is 1. The Kier molecular flexibility index (Phi) is 16.2. The van der Waals surface area contributed by atoms with Crippen LogP contribution in [0.25, 0.3) is 21.7 Å². The molecule has 1 amide bonds. The second-order valence-corrected chi connectivity index (χ2v) is 25.2. The molecule has 78 heavy (non-hydrogen) atoms. The molecule has 1 unspecified atom stereocenters. The Morgan fingerprint density at radius 3 is 2.28 bits per heavy atom. The first-order valence-electron chi connectivity index (χ1n) is 28.8. The van der Waals surface area contributed by atoms with Crippen molar-refractivity contribution in [3.8, 4) is 27.4 Å². The number of rotatable bonds is 16. The summed E-state index contributed by atoms with van der Waals surface area (Å²) in [6.07, 6.45) is 7.17. The Morgan fingerprint density at radius 2 is 1.60 bits per heavy atom. The molecule has 7 N–H and O–H groups in total. The summed E-state index contributed by atoms with van der Waals surface area (Å²) in [5.41, 5.74) is 13.0. The maximum atomic E-state index is 13.9. The highest BCUT2D eigenvalue weighted by Crippen LogP contribution is 2.51. The van der Waals surface area contributed by atoms with E-state index in [-0.39, 0.29) is 36.6 Å². The first-order valence-corrected chi connectivity index (χ1v) is 29.7. The number of β-amino-alcohol motifs (C(OH)–C–C–N with tert-alkyl or cyclic N) is 2. The molecular formula is C59H82N12O6S. The van der Waals surface area contributed by atoms with E-state index in [9.17, 15) is 25.2 Å². The van der Waals surface area contributed by atoms with Crippen LogP contribution in [0.2, 0.25) is 0 Å². The van der Waals surface area contributed by atoms with Crippen LogP contribution in [0.5, 0.6) is 5.75 Å². The lowest BCUT2D eigenvalue weighted by Gasteiger charge is -2.56. The number of carbonyl (C=O) groups is 1. The van der Waals surface area contributed by atoms with Gasteiger partial charge in [0.2, 0.25) is 5.91 Å². The summed E-state index contributed by atoms with van der Waals surface area (Å²) in [7, 11) is 0. The van der Waals surface area contributed by atoms with Gasteiger partial charge in [-0.1, -0.05) is 55.4 Å². The molecule has 1 spiro atoms. The number of aliphatic hydroxyl groups excluding tert-OH is 2. The number of aryl methyl sites for hydroxylation is 1. The number of nitrogens with zero attached hydrogens (tertiary/aromatic N) is 10. The molecule has 18 nitrogen and oxygen atoms in total. The number of benzene rings is 2. The Labute approximate surface area is 463 Å². The first-order chi connectivity index (χ1) is 37.6. The third-order valence-corrected chi connectivity index (χ3v) is 19.8. The zero-order valence-corrected chi connectivity index (χ0v) is 46.9. The first kappa shape index (κ1) is 54.7.